The molecule has 50 heavy (non-hydrogen) atoms. The first kappa shape index (κ1) is 28.8. The number of hydrogen-bond acceptors (Lipinski definition) is 7. The van der Waals surface area contributed by atoms with E-state index in [9.17, 15) is 0 Å². The summed E-state index contributed by atoms with van der Waals surface area (Å²) in [5.41, 5.74) is 6.83. The molecule has 0 saturated heterocycles. The Bertz CT molecular complexity index is 2810. The van der Waals surface area contributed by atoms with Crippen molar-refractivity contribution >= 4 is 63.1 Å². The zero-order valence-electron chi connectivity index (χ0n) is 26.5. The van der Waals surface area contributed by atoms with Gasteiger partial charge in [0.15, 0.2) is 23.3 Å². The van der Waals surface area contributed by atoms with E-state index >= 15 is 0 Å². The molecule has 0 amide bonds. The van der Waals surface area contributed by atoms with Crippen LogP contribution in [0.15, 0.2) is 152 Å². The second-order valence-electron chi connectivity index (χ2n) is 12.1. The van der Waals surface area contributed by atoms with Gasteiger partial charge in [0.1, 0.15) is 0 Å². The van der Waals surface area contributed by atoms with Crippen LogP contribution in [-0.2, 0) is 0 Å². The van der Waals surface area contributed by atoms with Crippen LogP contribution in [0.1, 0.15) is 0 Å². The lowest BCUT2D eigenvalue weighted by Crippen LogP contribution is -2.00. The number of benzene rings is 6. The Labute approximate surface area is 295 Å². The summed E-state index contributed by atoms with van der Waals surface area (Å²) in [7, 11) is 0. The average molecular weight is 676 g/mol. The molecule has 4 aromatic heterocycles. The second-order valence-corrected chi connectivity index (χ2v) is 14.2. The van der Waals surface area contributed by atoms with Crippen molar-refractivity contribution in [3.05, 3.63) is 152 Å². The molecule has 0 unspecified atom stereocenters. The Morgan fingerprint density at radius 1 is 0.360 bits per heavy atom. The summed E-state index contributed by atoms with van der Waals surface area (Å²) in [6.45, 7) is 0. The van der Waals surface area contributed by atoms with Gasteiger partial charge in [0, 0.05) is 58.1 Å². The number of aromatic nitrogens is 5. The third-order valence-electron chi connectivity index (χ3n) is 8.96. The minimum atomic E-state index is 0.647. The van der Waals surface area contributed by atoms with Gasteiger partial charge in [-0.05, 0) is 24.3 Å². The molecule has 0 aliphatic heterocycles. The van der Waals surface area contributed by atoms with Crippen molar-refractivity contribution in [1.29, 1.82) is 0 Å². The maximum atomic E-state index is 5.25. The number of hydrogen-bond donors (Lipinski definition) is 0. The minimum Gasteiger partial charge on any atom is -0.226 e. The second kappa shape index (κ2) is 11.8. The molecule has 6 aromatic carbocycles. The van der Waals surface area contributed by atoms with Crippen LogP contribution in [0.3, 0.4) is 0 Å². The highest BCUT2D eigenvalue weighted by atomic mass is 32.1. The third kappa shape index (κ3) is 4.86. The zero-order valence-corrected chi connectivity index (χ0v) is 28.1. The van der Waals surface area contributed by atoms with Crippen molar-refractivity contribution in [2.24, 2.45) is 0 Å². The summed E-state index contributed by atoms with van der Waals surface area (Å²) in [5, 5.41) is 3.43. The molecular formula is C43H25N5S2. The van der Waals surface area contributed by atoms with E-state index in [0.29, 0.717) is 17.5 Å². The topological polar surface area (TPSA) is 64.5 Å². The van der Waals surface area contributed by atoms with Crippen LogP contribution < -0.4 is 0 Å². The monoisotopic (exact) mass is 675 g/mol. The molecule has 0 fully saturated rings. The van der Waals surface area contributed by atoms with Crippen LogP contribution in [-0.4, -0.2) is 24.9 Å². The van der Waals surface area contributed by atoms with Gasteiger partial charge >= 0.3 is 0 Å². The minimum absolute atomic E-state index is 0.647. The summed E-state index contributed by atoms with van der Waals surface area (Å²) in [5.74, 6) is 2.66. The predicted molar refractivity (Wildman–Crippen MR) is 208 cm³/mol. The normalized spacial score (nSPS) is 11.6. The Morgan fingerprint density at radius 3 is 1.60 bits per heavy atom. The highest BCUT2D eigenvalue weighted by molar-refractivity contribution is 7.26. The molecule has 0 aliphatic rings. The molecule has 7 heteroatoms. The maximum absolute atomic E-state index is 5.25. The molecular weight excluding hydrogens is 651 g/mol. The molecule has 0 saturated carbocycles. The standard InChI is InChI=1S/C43H25N5S2/c1-4-13-26(14-5-1)40-44-37(39-38(45-40)30-19-10-11-21-33(30)50-39)29-23-24-34-32(25-29)36-31(20-12-22-35(36)49-34)43-47-41(27-15-6-2-7-16-27)46-42(48-43)28-17-8-3-9-18-28/h1-25H. The number of rotatable bonds is 5. The van der Waals surface area contributed by atoms with Crippen molar-refractivity contribution in [1.82, 2.24) is 24.9 Å². The first-order valence-corrected chi connectivity index (χ1v) is 18.0. The largest absolute Gasteiger partial charge is 0.226 e. The number of thiophene rings is 2. The quantitative estimate of drug-likeness (QED) is 0.182. The van der Waals surface area contributed by atoms with Gasteiger partial charge in [-0.2, -0.15) is 0 Å². The van der Waals surface area contributed by atoms with E-state index in [1.807, 2.05) is 78.9 Å². The fourth-order valence-corrected chi connectivity index (χ4v) is 8.86. The summed E-state index contributed by atoms with van der Waals surface area (Å²) in [6.07, 6.45) is 0. The van der Waals surface area contributed by atoms with Crippen molar-refractivity contribution in [3.63, 3.8) is 0 Å². The van der Waals surface area contributed by atoms with E-state index < -0.39 is 0 Å². The summed E-state index contributed by atoms with van der Waals surface area (Å²) >= 11 is 3.53. The van der Waals surface area contributed by atoms with Crippen LogP contribution >= 0.6 is 22.7 Å². The Morgan fingerprint density at radius 2 is 0.920 bits per heavy atom. The Kier molecular flexibility index (Phi) is 6.79. The van der Waals surface area contributed by atoms with Gasteiger partial charge in [-0.1, -0.05) is 127 Å². The first-order valence-electron chi connectivity index (χ1n) is 16.3. The SMILES string of the molecule is c1ccc(-c2nc(-c3ccccc3)nc(-c3cccc4sc5ccc(-c6nc(-c7ccccc7)nc7c6sc6ccccc67)cc5c34)n2)cc1. The molecule has 0 N–H and O–H groups in total. The van der Waals surface area contributed by atoms with Gasteiger partial charge in [-0.15, -0.1) is 22.7 Å². The smallest absolute Gasteiger partial charge is 0.164 e. The molecule has 0 atom stereocenters. The first-order chi connectivity index (χ1) is 24.8. The number of nitrogens with zero attached hydrogens (tertiary/aromatic N) is 5. The van der Waals surface area contributed by atoms with Crippen molar-refractivity contribution in [2.45, 2.75) is 0 Å². The van der Waals surface area contributed by atoms with E-state index in [-0.39, 0.29) is 0 Å². The van der Waals surface area contributed by atoms with Gasteiger partial charge in [-0.3, -0.25) is 0 Å². The van der Waals surface area contributed by atoms with Crippen molar-refractivity contribution in [2.75, 3.05) is 0 Å². The summed E-state index contributed by atoms with van der Waals surface area (Å²) in [4.78, 5) is 25.5. The Balaban J connectivity index is 1.22. The van der Waals surface area contributed by atoms with E-state index in [1.165, 1.54) is 14.1 Å². The molecule has 0 aliphatic carbocycles. The lowest BCUT2D eigenvalue weighted by molar-refractivity contribution is 1.08. The molecule has 234 valence electrons. The third-order valence-corrected chi connectivity index (χ3v) is 11.3. The van der Waals surface area contributed by atoms with Gasteiger partial charge in [-0.25, -0.2) is 24.9 Å². The summed E-state index contributed by atoms with van der Waals surface area (Å²) < 4.78 is 4.66. The van der Waals surface area contributed by atoms with Gasteiger partial charge < -0.3 is 0 Å². The molecule has 10 aromatic rings. The van der Waals surface area contributed by atoms with E-state index in [1.54, 1.807) is 22.7 Å². The van der Waals surface area contributed by atoms with Crippen LogP contribution in [0.5, 0.6) is 0 Å². The lowest BCUT2D eigenvalue weighted by Gasteiger charge is -2.10. The van der Waals surface area contributed by atoms with Gasteiger partial charge in [0.2, 0.25) is 0 Å². The number of fused-ring (bicyclic) bond motifs is 6. The predicted octanol–water partition coefficient (Wildman–Crippen LogP) is 11.7. The highest BCUT2D eigenvalue weighted by Gasteiger charge is 2.20. The molecule has 0 radical (unpaired) electrons. The zero-order chi connectivity index (χ0) is 33.0. The van der Waals surface area contributed by atoms with Crippen LogP contribution in [0, 0.1) is 0 Å². The molecule has 5 nitrogen and oxygen atoms in total. The van der Waals surface area contributed by atoms with Crippen molar-refractivity contribution in [3.8, 4) is 56.8 Å². The maximum Gasteiger partial charge on any atom is 0.164 e. The van der Waals surface area contributed by atoms with Gasteiger partial charge in [0.05, 0.1) is 15.9 Å². The molecule has 4 heterocycles. The average Bonchev–Trinajstić information content (AvgIpc) is 3.76. The van der Waals surface area contributed by atoms with E-state index in [4.69, 9.17) is 24.9 Å². The van der Waals surface area contributed by atoms with Crippen molar-refractivity contribution < 1.29 is 0 Å². The molecule has 10 rings (SSSR count). The van der Waals surface area contributed by atoms with Gasteiger partial charge in [0.25, 0.3) is 0 Å². The van der Waals surface area contributed by atoms with Crippen LogP contribution in [0.2, 0.25) is 0 Å². The molecule has 0 bridgehead atoms. The molecule has 0 spiro atoms. The van der Waals surface area contributed by atoms with E-state index in [0.717, 1.165) is 65.7 Å². The van der Waals surface area contributed by atoms with Crippen LogP contribution in [0.4, 0.5) is 0 Å². The summed E-state index contributed by atoms with van der Waals surface area (Å²) in [6, 6.07) is 52.1. The van der Waals surface area contributed by atoms with Crippen LogP contribution in [0.25, 0.3) is 97.3 Å². The fourth-order valence-electron chi connectivity index (χ4n) is 6.59. The van der Waals surface area contributed by atoms with E-state index in [2.05, 4.69) is 72.8 Å². The Hall–Kier alpha value is -6.15. The fraction of sp³-hybridized carbons (Fsp3) is 0. The lowest BCUT2D eigenvalue weighted by atomic mass is 10.0. The highest BCUT2D eigenvalue weighted by Crippen LogP contribution is 2.44.